The minimum Gasteiger partial charge on any atom is -0.385 e. The van der Waals surface area contributed by atoms with Gasteiger partial charge in [0.25, 0.3) is 0 Å². The number of nitrogens with one attached hydrogen (secondary N) is 1. The van der Waals surface area contributed by atoms with Crippen molar-refractivity contribution in [2.24, 2.45) is 0 Å². The second-order valence-corrected chi connectivity index (χ2v) is 3.42. The van der Waals surface area contributed by atoms with Gasteiger partial charge in [0.1, 0.15) is 0 Å². The quantitative estimate of drug-likeness (QED) is 0.644. The third-order valence-corrected chi connectivity index (χ3v) is 1.97. The van der Waals surface area contributed by atoms with E-state index in [0.29, 0.717) is 18.9 Å². The molecule has 0 saturated heterocycles. The summed E-state index contributed by atoms with van der Waals surface area (Å²) in [7, 11) is 1.65. The van der Waals surface area contributed by atoms with Gasteiger partial charge in [-0.3, -0.25) is 4.79 Å². The van der Waals surface area contributed by atoms with Gasteiger partial charge in [0.05, 0.1) is 0 Å². The SMILES string of the molecule is COCCC(C)NC(=O)CCCCl. The van der Waals surface area contributed by atoms with E-state index in [4.69, 9.17) is 16.3 Å². The summed E-state index contributed by atoms with van der Waals surface area (Å²) in [4.78, 5) is 11.2. The fourth-order valence-corrected chi connectivity index (χ4v) is 1.07. The average molecular weight is 208 g/mol. The van der Waals surface area contributed by atoms with Crippen molar-refractivity contribution >= 4 is 17.5 Å². The molecule has 0 aliphatic heterocycles. The van der Waals surface area contributed by atoms with Crippen molar-refractivity contribution in [2.45, 2.75) is 32.2 Å². The second kappa shape index (κ2) is 8.32. The highest BCUT2D eigenvalue weighted by Crippen LogP contribution is 1.95. The van der Waals surface area contributed by atoms with Gasteiger partial charge in [-0.1, -0.05) is 0 Å². The van der Waals surface area contributed by atoms with Crippen LogP contribution in [0.5, 0.6) is 0 Å². The van der Waals surface area contributed by atoms with Crippen LogP contribution in [-0.2, 0) is 9.53 Å². The molecule has 0 aromatic carbocycles. The lowest BCUT2D eigenvalue weighted by Gasteiger charge is -2.12. The molecule has 0 spiro atoms. The van der Waals surface area contributed by atoms with Crippen LogP contribution in [0, 0.1) is 0 Å². The summed E-state index contributed by atoms with van der Waals surface area (Å²) in [6.45, 7) is 2.65. The van der Waals surface area contributed by atoms with Crippen molar-refractivity contribution in [1.82, 2.24) is 5.32 Å². The molecule has 4 heteroatoms. The smallest absolute Gasteiger partial charge is 0.220 e. The molecule has 1 unspecified atom stereocenters. The highest BCUT2D eigenvalue weighted by molar-refractivity contribution is 6.17. The number of amides is 1. The Morgan fingerprint density at radius 1 is 1.62 bits per heavy atom. The van der Waals surface area contributed by atoms with E-state index in [9.17, 15) is 4.79 Å². The Balaban J connectivity index is 3.41. The first kappa shape index (κ1) is 12.7. The van der Waals surface area contributed by atoms with Crippen LogP contribution in [0.1, 0.15) is 26.2 Å². The number of halogens is 1. The Hall–Kier alpha value is -0.280. The summed E-state index contributed by atoms with van der Waals surface area (Å²) < 4.78 is 4.90. The molecule has 1 N–H and O–H groups in total. The zero-order valence-corrected chi connectivity index (χ0v) is 9.06. The van der Waals surface area contributed by atoms with Gasteiger partial charge in [-0.2, -0.15) is 0 Å². The molecule has 0 aromatic heterocycles. The Kier molecular flexibility index (Phi) is 8.14. The van der Waals surface area contributed by atoms with Crippen LogP contribution in [0.25, 0.3) is 0 Å². The van der Waals surface area contributed by atoms with Crippen LogP contribution in [-0.4, -0.2) is 31.5 Å². The molecule has 0 rings (SSSR count). The summed E-state index contributed by atoms with van der Waals surface area (Å²) >= 11 is 5.47. The number of rotatable bonds is 7. The predicted octanol–water partition coefficient (Wildman–Crippen LogP) is 1.55. The minimum atomic E-state index is 0.0734. The van der Waals surface area contributed by atoms with Crippen LogP contribution < -0.4 is 5.32 Å². The lowest BCUT2D eigenvalue weighted by Crippen LogP contribution is -2.33. The van der Waals surface area contributed by atoms with E-state index in [0.717, 1.165) is 12.8 Å². The Bertz CT molecular complexity index is 142. The van der Waals surface area contributed by atoms with Gasteiger partial charge in [-0.25, -0.2) is 0 Å². The molecule has 1 amide bonds. The first-order valence-electron chi connectivity index (χ1n) is 4.55. The number of ether oxygens (including phenoxy) is 1. The molecular weight excluding hydrogens is 190 g/mol. The molecule has 0 fully saturated rings. The molecule has 0 aromatic rings. The van der Waals surface area contributed by atoms with Gasteiger partial charge in [-0.05, 0) is 19.8 Å². The molecule has 13 heavy (non-hydrogen) atoms. The molecule has 0 radical (unpaired) electrons. The molecule has 0 aliphatic carbocycles. The zero-order chi connectivity index (χ0) is 10.1. The number of carbonyl (C=O) groups excluding carboxylic acids is 1. The van der Waals surface area contributed by atoms with Gasteiger partial charge >= 0.3 is 0 Å². The second-order valence-electron chi connectivity index (χ2n) is 3.04. The first-order valence-corrected chi connectivity index (χ1v) is 5.08. The fraction of sp³-hybridized carbons (Fsp3) is 0.889. The lowest BCUT2D eigenvalue weighted by molar-refractivity contribution is -0.121. The number of methoxy groups -OCH3 is 1. The van der Waals surface area contributed by atoms with Gasteiger partial charge in [0.2, 0.25) is 5.91 Å². The maximum Gasteiger partial charge on any atom is 0.220 e. The van der Waals surface area contributed by atoms with Crippen LogP contribution in [0.3, 0.4) is 0 Å². The summed E-state index contributed by atoms with van der Waals surface area (Å²) in [5.41, 5.74) is 0. The zero-order valence-electron chi connectivity index (χ0n) is 8.31. The Labute approximate surface area is 84.8 Å². The first-order chi connectivity index (χ1) is 6.20. The predicted molar refractivity (Wildman–Crippen MR) is 54.1 cm³/mol. The standard InChI is InChI=1S/C9H18ClNO2/c1-8(5-7-13-2)11-9(12)4-3-6-10/h8H,3-7H2,1-2H3,(H,11,12). The van der Waals surface area contributed by atoms with Crippen molar-refractivity contribution in [3.63, 3.8) is 0 Å². The fourth-order valence-electron chi connectivity index (χ4n) is 0.941. The van der Waals surface area contributed by atoms with Crippen molar-refractivity contribution in [2.75, 3.05) is 19.6 Å². The number of carbonyl (C=O) groups is 1. The highest BCUT2D eigenvalue weighted by atomic mass is 35.5. The number of hydrogen-bond donors (Lipinski definition) is 1. The number of hydrogen-bond acceptors (Lipinski definition) is 2. The third kappa shape index (κ3) is 8.06. The molecule has 1 atom stereocenters. The largest absolute Gasteiger partial charge is 0.385 e. The van der Waals surface area contributed by atoms with Crippen LogP contribution in [0.4, 0.5) is 0 Å². The van der Waals surface area contributed by atoms with Crippen molar-refractivity contribution in [1.29, 1.82) is 0 Å². The van der Waals surface area contributed by atoms with E-state index >= 15 is 0 Å². The average Bonchev–Trinajstić information content (AvgIpc) is 2.11. The molecule has 3 nitrogen and oxygen atoms in total. The van der Waals surface area contributed by atoms with Crippen LogP contribution in [0.15, 0.2) is 0 Å². The maximum atomic E-state index is 11.2. The minimum absolute atomic E-state index is 0.0734. The summed E-state index contributed by atoms with van der Waals surface area (Å²) in [6.07, 6.45) is 2.11. The van der Waals surface area contributed by atoms with Crippen molar-refractivity contribution < 1.29 is 9.53 Å². The van der Waals surface area contributed by atoms with Gasteiger partial charge in [0, 0.05) is 32.1 Å². The van der Waals surface area contributed by atoms with Gasteiger partial charge in [-0.15, -0.1) is 11.6 Å². The van der Waals surface area contributed by atoms with E-state index in [-0.39, 0.29) is 11.9 Å². The molecule has 0 saturated carbocycles. The monoisotopic (exact) mass is 207 g/mol. The maximum absolute atomic E-state index is 11.2. The van der Waals surface area contributed by atoms with Crippen LogP contribution in [0.2, 0.25) is 0 Å². The normalized spacial score (nSPS) is 12.5. The topological polar surface area (TPSA) is 38.3 Å². The molecule has 0 heterocycles. The van der Waals surface area contributed by atoms with Crippen molar-refractivity contribution in [3.05, 3.63) is 0 Å². The summed E-state index contributed by atoms with van der Waals surface area (Å²) in [5, 5.41) is 2.87. The molecule has 0 bridgehead atoms. The third-order valence-electron chi connectivity index (χ3n) is 1.70. The van der Waals surface area contributed by atoms with E-state index in [1.165, 1.54) is 0 Å². The lowest BCUT2D eigenvalue weighted by atomic mass is 10.2. The Morgan fingerprint density at radius 3 is 2.85 bits per heavy atom. The molecular formula is C9H18ClNO2. The highest BCUT2D eigenvalue weighted by Gasteiger charge is 2.05. The Morgan fingerprint density at radius 2 is 2.31 bits per heavy atom. The van der Waals surface area contributed by atoms with Crippen LogP contribution >= 0.6 is 11.6 Å². The summed E-state index contributed by atoms with van der Waals surface area (Å²) in [5.74, 6) is 0.615. The summed E-state index contributed by atoms with van der Waals surface area (Å²) in [6, 6.07) is 0.183. The van der Waals surface area contributed by atoms with E-state index in [2.05, 4.69) is 5.32 Å². The van der Waals surface area contributed by atoms with E-state index in [1.54, 1.807) is 7.11 Å². The van der Waals surface area contributed by atoms with Crippen molar-refractivity contribution in [3.8, 4) is 0 Å². The van der Waals surface area contributed by atoms with Gasteiger partial charge in [0.15, 0.2) is 0 Å². The van der Waals surface area contributed by atoms with E-state index < -0.39 is 0 Å². The number of alkyl halides is 1. The van der Waals surface area contributed by atoms with E-state index in [1.807, 2.05) is 6.92 Å². The molecule has 0 aliphatic rings. The molecule has 78 valence electrons. The van der Waals surface area contributed by atoms with Gasteiger partial charge < -0.3 is 10.1 Å².